The molecule has 0 aliphatic carbocycles. The van der Waals surface area contributed by atoms with Crippen molar-refractivity contribution >= 4 is 46.1 Å². The smallest absolute Gasteiger partial charge is 0.0934 e. The predicted molar refractivity (Wildman–Crippen MR) is 63.6 cm³/mol. The van der Waals surface area contributed by atoms with Crippen molar-refractivity contribution in [2.24, 2.45) is 0 Å². The summed E-state index contributed by atoms with van der Waals surface area (Å²) in [6.07, 6.45) is 0. The topological polar surface area (TPSA) is 0 Å². The maximum Gasteiger partial charge on any atom is 0.0934 e. The van der Waals surface area contributed by atoms with Crippen molar-refractivity contribution in [3.63, 3.8) is 0 Å². The molecule has 0 amide bonds. The fourth-order valence-corrected chi connectivity index (χ4v) is 2.70. The van der Waals surface area contributed by atoms with Crippen LogP contribution in [0, 0.1) is 6.07 Å². The standard InChI is InChI=1S/C10H4Cl3S/c11-6-1-2-7(8(12)5-6)9-3-4-10(13)14-9/h1,3-5H. The summed E-state index contributed by atoms with van der Waals surface area (Å²) < 4.78 is 0.736. The minimum absolute atomic E-state index is 0.585. The van der Waals surface area contributed by atoms with Gasteiger partial charge in [0.05, 0.1) is 9.36 Å². The molecule has 71 valence electrons. The normalized spacial score (nSPS) is 10.5. The van der Waals surface area contributed by atoms with Crippen LogP contribution in [0.15, 0.2) is 24.3 Å². The lowest BCUT2D eigenvalue weighted by atomic mass is 10.2. The van der Waals surface area contributed by atoms with Gasteiger partial charge >= 0.3 is 0 Å². The van der Waals surface area contributed by atoms with E-state index in [1.807, 2.05) is 12.1 Å². The fourth-order valence-electron chi connectivity index (χ4n) is 1.08. The summed E-state index contributed by atoms with van der Waals surface area (Å²) in [4.78, 5) is 0.997. The van der Waals surface area contributed by atoms with E-state index in [1.165, 1.54) is 11.3 Å². The van der Waals surface area contributed by atoms with Gasteiger partial charge in [-0.2, -0.15) is 0 Å². The number of hydrogen-bond acceptors (Lipinski definition) is 1. The fraction of sp³-hybridized carbons (Fsp3) is 0. The molecule has 2 rings (SSSR count). The van der Waals surface area contributed by atoms with E-state index >= 15 is 0 Å². The van der Waals surface area contributed by atoms with Crippen molar-refractivity contribution < 1.29 is 0 Å². The maximum absolute atomic E-state index is 6.02. The van der Waals surface area contributed by atoms with Crippen molar-refractivity contribution in [3.05, 3.63) is 44.7 Å². The third kappa shape index (κ3) is 2.06. The Hall–Kier alpha value is -0.210. The highest BCUT2D eigenvalue weighted by molar-refractivity contribution is 7.19. The van der Waals surface area contributed by atoms with Crippen LogP contribution in [-0.4, -0.2) is 0 Å². The van der Waals surface area contributed by atoms with Crippen molar-refractivity contribution in [1.82, 2.24) is 0 Å². The number of thiophene rings is 1. The number of hydrogen-bond donors (Lipinski definition) is 0. The van der Waals surface area contributed by atoms with E-state index in [0.717, 1.165) is 14.8 Å². The number of benzene rings is 1. The van der Waals surface area contributed by atoms with Gasteiger partial charge in [0.15, 0.2) is 0 Å². The van der Waals surface area contributed by atoms with Gasteiger partial charge in [-0.05, 0) is 30.3 Å². The Morgan fingerprint density at radius 2 is 1.93 bits per heavy atom. The molecule has 0 aliphatic heterocycles. The first kappa shape index (κ1) is 10.3. The van der Waals surface area contributed by atoms with Gasteiger partial charge < -0.3 is 0 Å². The van der Waals surface area contributed by atoms with E-state index in [1.54, 1.807) is 12.1 Å². The van der Waals surface area contributed by atoms with E-state index in [9.17, 15) is 0 Å². The second-order valence-electron chi connectivity index (χ2n) is 2.64. The summed E-state index contributed by atoms with van der Waals surface area (Å²) in [6.45, 7) is 0. The molecule has 0 unspecified atom stereocenters. The first-order valence-electron chi connectivity index (χ1n) is 3.79. The molecule has 4 heteroatoms. The zero-order valence-electron chi connectivity index (χ0n) is 6.85. The van der Waals surface area contributed by atoms with E-state index in [4.69, 9.17) is 34.8 Å². The van der Waals surface area contributed by atoms with E-state index in [2.05, 4.69) is 6.07 Å². The quantitative estimate of drug-likeness (QED) is 0.664. The predicted octanol–water partition coefficient (Wildman–Crippen LogP) is 5.18. The van der Waals surface area contributed by atoms with Crippen molar-refractivity contribution in [3.8, 4) is 10.4 Å². The van der Waals surface area contributed by atoms with Gasteiger partial charge in [-0.25, -0.2) is 0 Å². The van der Waals surface area contributed by atoms with Gasteiger partial charge in [-0.1, -0.05) is 34.8 Å². The Balaban J connectivity index is 2.52. The van der Waals surface area contributed by atoms with Crippen molar-refractivity contribution in [1.29, 1.82) is 0 Å². The average molecular weight is 263 g/mol. The highest BCUT2D eigenvalue weighted by atomic mass is 35.5. The van der Waals surface area contributed by atoms with Crippen LogP contribution in [0.1, 0.15) is 0 Å². The third-order valence-electron chi connectivity index (χ3n) is 1.68. The van der Waals surface area contributed by atoms with E-state index < -0.39 is 0 Å². The molecule has 14 heavy (non-hydrogen) atoms. The molecule has 0 nitrogen and oxygen atoms in total. The van der Waals surface area contributed by atoms with E-state index in [0.29, 0.717) is 10.0 Å². The molecule has 0 aliphatic rings. The van der Waals surface area contributed by atoms with Gasteiger partial charge in [0.2, 0.25) is 0 Å². The summed E-state index contributed by atoms with van der Waals surface area (Å²) in [5.41, 5.74) is 0.841. The van der Waals surface area contributed by atoms with Crippen LogP contribution >= 0.6 is 46.1 Å². The SMILES string of the molecule is Clc1c[c]c(-c2ccc(Cl)s2)c(Cl)c1. The van der Waals surface area contributed by atoms with Gasteiger partial charge in [0.1, 0.15) is 0 Å². The van der Waals surface area contributed by atoms with Gasteiger partial charge in [0.25, 0.3) is 0 Å². The highest BCUT2D eigenvalue weighted by Gasteiger charge is 2.06. The molecule has 1 radical (unpaired) electrons. The molecule has 1 heterocycles. The minimum Gasteiger partial charge on any atom is -0.123 e. The van der Waals surface area contributed by atoms with Crippen LogP contribution in [0.2, 0.25) is 14.4 Å². The third-order valence-corrected chi connectivity index (χ3v) is 3.44. The Morgan fingerprint density at radius 3 is 2.50 bits per heavy atom. The first-order valence-corrected chi connectivity index (χ1v) is 5.74. The molecule has 1 aromatic carbocycles. The molecule has 0 saturated carbocycles. The molecule has 0 saturated heterocycles. The van der Waals surface area contributed by atoms with Crippen molar-refractivity contribution in [2.45, 2.75) is 0 Å². The molecule has 0 N–H and O–H groups in total. The monoisotopic (exact) mass is 261 g/mol. The second-order valence-corrected chi connectivity index (χ2v) is 5.20. The molecule has 2 aromatic rings. The number of rotatable bonds is 1. The zero-order valence-corrected chi connectivity index (χ0v) is 9.94. The van der Waals surface area contributed by atoms with Crippen LogP contribution < -0.4 is 0 Å². The van der Waals surface area contributed by atoms with Crippen LogP contribution in [0.5, 0.6) is 0 Å². The average Bonchev–Trinajstić information content (AvgIpc) is 2.51. The molecular weight excluding hydrogens is 259 g/mol. The molecular formula is C10H4Cl3S. The summed E-state index contributed by atoms with van der Waals surface area (Å²) in [7, 11) is 0. The molecule has 0 spiro atoms. The summed E-state index contributed by atoms with van der Waals surface area (Å²) in [5, 5.41) is 1.18. The van der Waals surface area contributed by atoms with Crippen LogP contribution in [0.25, 0.3) is 10.4 Å². The molecule has 0 bridgehead atoms. The lowest BCUT2D eigenvalue weighted by Crippen LogP contribution is -1.75. The zero-order chi connectivity index (χ0) is 10.1. The summed E-state index contributed by atoms with van der Waals surface area (Å²) >= 11 is 19.1. The second kappa shape index (κ2) is 4.11. The first-order chi connectivity index (χ1) is 6.66. The summed E-state index contributed by atoms with van der Waals surface area (Å²) in [6, 6.07) is 10.2. The minimum atomic E-state index is 0.585. The largest absolute Gasteiger partial charge is 0.123 e. The lowest BCUT2D eigenvalue weighted by molar-refractivity contribution is 1.68. The van der Waals surface area contributed by atoms with Gasteiger partial charge in [-0.15, -0.1) is 11.3 Å². The highest BCUT2D eigenvalue weighted by Crippen LogP contribution is 2.35. The Labute approximate surface area is 101 Å². The summed E-state index contributed by atoms with van der Waals surface area (Å²) in [5.74, 6) is 0. The van der Waals surface area contributed by atoms with Crippen LogP contribution in [0.4, 0.5) is 0 Å². The Bertz CT molecular complexity index is 462. The molecule has 0 fully saturated rings. The Kier molecular flexibility index (Phi) is 3.03. The lowest BCUT2D eigenvalue weighted by Gasteiger charge is -2.00. The van der Waals surface area contributed by atoms with E-state index in [-0.39, 0.29) is 0 Å². The van der Waals surface area contributed by atoms with Crippen LogP contribution in [-0.2, 0) is 0 Å². The molecule has 1 aromatic heterocycles. The molecule has 0 atom stereocenters. The maximum atomic E-state index is 6.02. The van der Waals surface area contributed by atoms with Gasteiger partial charge in [-0.3, -0.25) is 0 Å². The number of halogens is 3. The Morgan fingerprint density at radius 1 is 1.14 bits per heavy atom. The van der Waals surface area contributed by atoms with Gasteiger partial charge in [0, 0.05) is 15.5 Å². The van der Waals surface area contributed by atoms with Crippen molar-refractivity contribution in [2.75, 3.05) is 0 Å². The van der Waals surface area contributed by atoms with Crippen LogP contribution in [0.3, 0.4) is 0 Å².